The smallest absolute Gasteiger partial charge is 0.164 e. The van der Waals surface area contributed by atoms with E-state index in [1.807, 2.05) is 13.8 Å². The van der Waals surface area contributed by atoms with Gasteiger partial charge in [-0.05, 0) is 25.0 Å². The number of nitrogens with zero attached hydrogens (tertiary/aromatic N) is 1. The van der Waals surface area contributed by atoms with E-state index in [1.165, 1.54) is 0 Å². The van der Waals surface area contributed by atoms with Crippen molar-refractivity contribution in [3.8, 4) is 0 Å². The van der Waals surface area contributed by atoms with Crippen LogP contribution in [0.2, 0.25) is 5.15 Å². The molecule has 0 aromatic carbocycles. The summed E-state index contributed by atoms with van der Waals surface area (Å²) in [5, 5.41) is -0.0527. The molecular weight excluding hydrogens is 177 g/mol. The van der Waals surface area contributed by atoms with Crippen molar-refractivity contribution in [2.45, 2.75) is 27.7 Å². The van der Waals surface area contributed by atoms with Crippen LogP contribution in [-0.2, 0) is 0 Å². The van der Waals surface area contributed by atoms with Gasteiger partial charge in [-0.1, -0.05) is 25.4 Å². The highest BCUT2D eigenvalue weighted by Crippen LogP contribution is 2.16. The van der Waals surface area contributed by atoms with Crippen molar-refractivity contribution in [2.24, 2.45) is 0 Å². The van der Waals surface area contributed by atoms with Crippen molar-refractivity contribution in [2.75, 3.05) is 0 Å². The highest BCUT2D eigenvalue weighted by atomic mass is 35.5. The van der Waals surface area contributed by atoms with Crippen LogP contribution < -0.4 is 0 Å². The number of hydrogen-bond acceptors (Lipinski definition) is 1. The van der Waals surface area contributed by atoms with Crippen molar-refractivity contribution < 1.29 is 4.39 Å². The van der Waals surface area contributed by atoms with Crippen LogP contribution in [0.15, 0.2) is 6.20 Å². The van der Waals surface area contributed by atoms with Gasteiger partial charge in [0.05, 0.1) is 0 Å². The molecule has 0 aliphatic rings. The van der Waals surface area contributed by atoms with Gasteiger partial charge in [0.2, 0.25) is 0 Å². The van der Waals surface area contributed by atoms with E-state index in [-0.39, 0.29) is 5.15 Å². The predicted octanol–water partition coefficient (Wildman–Crippen LogP) is 3.52. The van der Waals surface area contributed by atoms with Crippen molar-refractivity contribution in [3.63, 3.8) is 0 Å². The van der Waals surface area contributed by atoms with Gasteiger partial charge < -0.3 is 0 Å². The molecule has 0 saturated heterocycles. The molecule has 0 amide bonds. The van der Waals surface area contributed by atoms with Crippen molar-refractivity contribution in [1.29, 1.82) is 0 Å². The van der Waals surface area contributed by atoms with Gasteiger partial charge in [-0.25, -0.2) is 9.37 Å². The summed E-state index contributed by atoms with van der Waals surface area (Å²) in [4.78, 5) is 3.63. The van der Waals surface area contributed by atoms with Crippen LogP contribution in [0.3, 0.4) is 0 Å². The lowest BCUT2D eigenvalue weighted by atomic mass is 10.2. The normalized spacial score (nSPS) is 8.83. The van der Waals surface area contributed by atoms with Crippen LogP contribution in [-0.4, -0.2) is 4.98 Å². The van der Waals surface area contributed by atoms with Gasteiger partial charge in [0.15, 0.2) is 11.0 Å². The lowest BCUT2D eigenvalue weighted by molar-refractivity contribution is 0.610. The number of halogens is 2. The van der Waals surface area contributed by atoms with E-state index >= 15 is 0 Å². The second kappa shape index (κ2) is 5.09. The van der Waals surface area contributed by atoms with Crippen molar-refractivity contribution in [1.82, 2.24) is 4.98 Å². The molecule has 1 aromatic rings. The third kappa shape index (κ3) is 2.45. The number of hydrogen-bond donors (Lipinski definition) is 0. The van der Waals surface area contributed by atoms with Gasteiger partial charge in [-0.2, -0.15) is 0 Å². The van der Waals surface area contributed by atoms with Crippen LogP contribution >= 0.6 is 11.6 Å². The molecule has 0 saturated carbocycles. The van der Waals surface area contributed by atoms with Crippen molar-refractivity contribution >= 4 is 11.6 Å². The number of aromatic nitrogens is 1. The minimum Gasteiger partial charge on any atom is -0.241 e. The van der Waals surface area contributed by atoms with Gasteiger partial charge >= 0.3 is 0 Å². The molecule has 0 N–H and O–H groups in total. The summed E-state index contributed by atoms with van der Waals surface area (Å²) in [7, 11) is 0. The monoisotopic (exact) mass is 189 g/mol. The fourth-order valence-electron chi connectivity index (χ4n) is 0.635. The van der Waals surface area contributed by atoms with Gasteiger partial charge in [0.25, 0.3) is 0 Å². The lowest BCUT2D eigenvalue weighted by Crippen LogP contribution is -1.90. The average Bonchev–Trinajstić information content (AvgIpc) is 2.12. The van der Waals surface area contributed by atoms with Crippen LogP contribution in [0.1, 0.15) is 25.0 Å². The Morgan fingerprint density at radius 3 is 2.25 bits per heavy atom. The average molecular weight is 190 g/mol. The molecule has 0 fully saturated rings. The highest BCUT2D eigenvalue weighted by Gasteiger charge is 2.05. The zero-order valence-corrected chi connectivity index (χ0v) is 8.54. The first-order chi connectivity index (χ1) is 5.63. The molecule has 0 aliphatic heterocycles. The Balaban J connectivity index is 0.000000561. The molecule has 0 spiro atoms. The van der Waals surface area contributed by atoms with E-state index in [2.05, 4.69) is 4.98 Å². The predicted molar refractivity (Wildman–Crippen MR) is 50.0 cm³/mol. The lowest BCUT2D eigenvalue weighted by Gasteiger charge is -2.00. The molecule has 1 aromatic heterocycles. The molecule has 0 aliphatic carbocycles. The standard InChI is InChI=1S/C7H7ClFN.C2H6/c1-4-3-10-7(8)6(9)5(4)2;1-2/h3H,1-2H3;1-2H3. The van der Waals surface area contributed by atoms with E-state index in [1.54, 1.807) is 20.0 Å². The molecule has 3 heteroatoms. The van der Waals surface area contributed by atoms with Crippen LogP contribution in [0.5, 0.6) is 0 Å². The first-order valence-electron chi connectivity index (χ1n) is 3.90. The second-order valence-electron chi connectivity index (χ2n) is 2.17. The number of aryl methyl sites for hydroxylation is 1. The molecule has 0 atom stereocenters. The summed E-state index contributed by atoms with van der Waals surface area (Å²) in [5.41, 5.74) is 1.39. The molecule has 0 unspecified atom stereocenters. The molecule has 1 heterocycles. The zero-order valence-electron chi connectivity index (χ0n) is 7.78. The van der Waals surface area contributed by atoms with Gasteiger partial charge in [-0.3, -0.25) is 0 Å². The SMILES string of the molecule is CC.Cc1cnc(Cl)c(F)c1C. The fourth-order valence-corrected chi connectivity index (χ4v) is 0.825. The van der Waals surface area contributed by atoms with Gasteiger partial charge in [0.1, 0.15) is 0 Å². The van der Waals surface area contributed by atoms with E-state index < -0.39 is 5.82 Å². The first-order valence-corrected chi connectivity index (χ1v) is 4.28. The second-order valence-corrected chi connectivity index (χ2v) is 2.53. The van der Waals surface area contributed by atoms with E-state index in [9.17, 15) is 4.39 Å². The minimum atomic E-state index is -0.415. The van der Waals surface area contributed by atoms with Crippen LogP contribution in [0.25, 0.3) is 0 Å². The first kappa shape index (κ1) is 11.4. The Hall–Kier alpha value is -0.630. The Bertz CT molecular complexity index is 234. The number of pyridine rings is 1. The van der Waals surface area contributed by atoms with Gasteiger partial charge in [0, 0.05) is 6.20 Å². The Morgan fingerprint density at radius 2 is 1.83 bits per heavy atom. The Kier molecular flexibility index (Phi) is 4.83. The molecule has 12 heavy (non-hydrogen) atoms. The maximum atomic E-state index is 12.8. The maximum Gasteiger partial charge on any atom is 0.164 e. The summed E-state index contributed by atoms with van der Waals surface area (Å²) < 4.78 is 12.8. The summed E-state index contributed by atoms with van der Waals surface area (Å²) in [6, 6.07) is 0. The minimum absolute atomic E-state index is 0.0527. The van der Waals surface area contributed by atoms with Crippen molar-refractivity contribution in [3.05, 3.63) is 28.3 Å². The summed E-state index contributed by atoms with van der Waals surface area (Å²) in [6.45, 7) is 7.47. The molecule has 0 bridgehead atoms. The van der Waals surface area contributed by atoms with Gasteiger partial charge in [-0.15, -0.1) is 0 Å². The summed E-state index contributed by atoms with van der Waals surface area (Å²) in [5.74, 6) is -0.415. The molecule has 68 valence electrons. The largest absolute Gasteiger partial charge is 0.241 e. The van der Waals surface area contributed by atoms with E-state index in [4.69, 9.17) is 11.6 Å². The third-order valence-electron chi connectivity index (χ3n) is 1.47. The van der Waals surface area contributed by atoms with Crippen LogP contribution in [0, 0.1) is 19.7 Å². The molecule has 0 radical (unpaired) electrons. The Labute approximate surface area is 77.6 Å². The summed E-state index contributed by atoms with van der Waals surface area (Å²) >= 11 is 5.40. The maximum absolute atomic E-state index is 12.8. The topological polar surface area (TPSA) is 12.9 Å². The Morgan fingerprint density at radius 1 is 1.33 bits per heavy atom. The highest BCUT2D eigenvalue weighted by molar-refractivity contribution is 6.29. The fraction of sp³-hybridized carbons (Fsp3) is 0.444. The number of rotatable bonds is 0. The van der Waals surface area contributed by atoms with Crippen LogP contribution in [0.4, 0.5) is 4.39 Å². The van der Waals surface area contributed by atoms with E-state index in [0.29, 0.717) is 5.56 Å². The molecule has 1 rings (SSSR count). The van der Waals surface area contributed by atoms with E-state index in [0.717, 1.165) is 5.56 Å². The third-order valence-corrected chi connectivity index (χ3v) is 1.74. The quantitative estimate of drug-likeness (QED) is 0.569. The zero-order chi connectivity index (χ0) is 9.72. The molecular formula is C9H13ClFN. The molecule has 1 nitrogen and oxygen atoms in total. The summed E-state index contributed by atoms with van der Waals surface area (Å²) in [6.07, 6.45) is 1.56.